The van der Waals surface area contributed by atoms with Crippen molar-refractivity contribution in [2.24, 2.45) is 5.92 Å². The number of nitrogens with one attached hydrogen (secondary N) is 1. The largest absolute Gasteiger partial charge is 0.444 e. The summed E-state index contributed by atoms with van der Waals surface area (Å²) in [7, 11) is 0. The van der Waals surface area contributed by atoms with Gasteiger partial charge in [-0.15, -0.1) is 0 Å². The number of aromatic nitrogens is 3. The van der Waals surface area contributed by atoms with Crippen molar-refractivity contribution in [2.45, 2.75) is 39.2 Å². The Balaban J connectivity index is 1.72. The van der Waals surface area contributed by atoms with Crippen molar-refractivity contribution in [3.05, 3.63) is 31.6 Å². The molecular formula is C16H20Br2N4O3. The monoisotopic (exact) mass is 474 g/mol. The van der Waals surface area contributed by atoms with E-state index in [-0.39, 0.29) is 17.6 Å². The van der Waals surface area contributed by atoms with Crippen LogP contribution in [0.3, 0.4) is 0 Å². The van der Waals surface area contributed by atoms with E-state index in [1.165, 1.54) is 0 Å². The average molecular weight is 476 g/mol. The number of imidazole rings is 1. The fourth-order valence-electron chi connectivity index (χ4n) is 3.00. The van der Waals surface area contributed by atoms with Gasteiger partial charge in [-0.2, -0.15) is 0 Å². The molecule has 7 nitrogen and oxygen atoms in total. The molecule has 0 bridgehead atoms. The van der Waals surface area contributed by atoms with Crippen LogP contribution in [-0.4, -0.2) is 44.1 Å². The molecule has 1 N–H and O–H groups in total. The predicted molar refractivity (Wildman–Crippen MR) is 101 cm³/mol. The maximum Gasteiger partial charge on any atom is 0.410 e. The Morgan fingerprint density at radius 3 is 2.84 bits per heavy atom. The van der Waals surface area contributed by atoms with E-state index < -0.39 is 5.60 Å². The fourth-order valence-corrected chi connectivity index (χ4v) is 4.23. The van der Waals surface area contributed by atoms with Gasteiger partial charge in [0.25, 0.3) is 5.56 Å². The van der Waals surface area contributed by atoms with Gasteiger partial charge in [-0.05, 0) is 71.4 Å². The molecule has 3 heterocycles. The molecule has 0 radical (unpaired) electrons. The standard InChI is InChI=1S/C16H20Br2N4O3/c1-16(2,3)25-15(24)21-5-4-9(7-21)6-10-8-22-11(13(23)19-10)12(17)20-14(22)18/h8-9H,4-7H2,1-3H3,(H,19,23). The minimum absolute atomic E-state index is 0.190. The SMILES string of the molecule is CC(C)(C)OC(=O)N1CCC(Cc2cn3c(Br)nc(Br)c3c(=O)[nH]2)C1. The van der Waals surface area contributed by atoms with Crippen LogP contribution in [0, 0.1) is 5.92 Å². The summed E-state index contributed by atoms with van der Waals surface area (Å²) in [5.41, 5.74) is 0.605. The Kier molecular flexibility index (Phi) is 4.98. The molecule has 136 valence electrons. The normalized spacial score (nSPS) is 18.1. The fraction of sp³-hybridized carbons (Fsp3) is 0.562. The van der Waals surface area contributed by atoms with E-state index in [1.54, 1.807) is 9.30 Å². The lowest BCUT2D eigenvalue weighted by molar-refractivity contribution is 0.0288. The molecule has 0 aliphatic carbocycles. The molecule has 1 fully saturated rings. The predicted octanol–water partition coefficient (Wildman–Crippen LogP) is 3.35. The van der Waals surface area contributed by atoms with E-state index in [0.29, 0.717) is 34.4 Å². The number of carbonyl (C=O) groups is 1. The van der Waals surface area contributed by atoms with Crippen molar-refractivity contribution in [2.75, 3.05) is 13.1 Å². The highest BCUT2D eigenvalue weighted by molar-refractivity contribution is 9.11. The number of likely N-dealkylation sites (tertiary alicyclic amines) is 1. The van der Waals surface area contributed by atoms with Crippen molar-refractivity contribution in [3.63, 3.8) is 0 Å². The molecule has 0 saturated carbocycles. The second-order valence-corrected chi connectivity index (χ2v) is 8.74. The van der Waals surface area contributed by atoms with Gasteiger partial charge < -0.3 is 14.6 Å². The first kappa shape index (κ1) is 18.4. The smallest absolute Gasteiger partial charge is 0.410 e. The van der Waals surface area contributed by atoms with Crippen molar-refractivity contribution in [1.29, 1.82) is 0 Å². The van der Waals surface area contributed by atoms with Crippen LogP contribution >= 0.6 is 31.9 Å². The summed E-state index contributed by atoms with van der Waals surface area (Å²) < 4.78 is 8.22. The first-order valence-electron chi connectivity index (χ1n) is 8.07. The molecule has 0 spiro atoms. The van der Waals surface area contributed by atoms with Gasteiger partial charge in [0.1, 0.15) is 15.7 Å². The van der Waals surface area contributed by atoms with Gasteiger partial charge in [-0.1, -0.05) is 0 Å². The first-order chi connectivity index (χ1) is 11.6. The number of ether oxygens (including phenoxy) is 1. The Labute approximate surface area is 162 Å². The summed E-state index contributed by atoms with van der Waals surface area (Å²) >= 11 is 6.64. The number of hydrogen-bond acceptors (Lipinski definition) is 4. The zero-order valence-corrected chi connectivity index (χ0v) is 17.5. The Morgan fingerprint density at radius 2 is 2.16 bits per heavy atom. The third-order valence-electron chi connectivity index (χ3n) is 4.05. The minimum atomic E-state index is -0.494. The molecule has 1 aliphatic rings. The van der Waals surface area contributed by atoms with Crippen LogP contribution < -0.4 is 5.56 Å². The quantitative estimate of drug-likeness (QED) is 0.722. The van der Waals surface area contributed by atoms with E-state index in [0.717, 1.165) is 12.1 Å². The first-order valence-corrected chi connectivity index (χ1v) is 9.66. The minimum Gasteiger partial charge on any atom is -0.444 e. The molecule has 1 saturated heterocycles. The summed E-state index contributed by atoms with van der Waals surface area (Å²) in [6.45, 7) is 6.88. The number of fused-ring (bicyclic) bond motifs is 1. The second kappa shape index (κ2) is 6.75. The Morgan fingerprint density at radius 1 is 1.44 bits per heavy atom. The van der Waals surface area contributed by atoms with Gasteiger partial charge in [0, 0.05) is 25.0 Å². The molecule has 0 aromatic carbocycles. The number of carbonyl (C=O) groups excluding carboxylic acids is 1. The lowest BCUT2D eigenvalue weighted by atomic mass is 10.0. The van der Waals surface area contributed by atoms with Gasteiger partial charge in [0.05, 0.1) is 0 Å². The number of rotatable bonds is 2. The van der Waals surface area contributed by atoms with Crippen molar-refractivity contribution >= 4 is 43.5 Å². The van der Waals surface area contributed by atoms with E-state index in [1.807, 2.05) is 27.0 Å². The van der Waals surface area contributed by atoms with Gasteiger partial charge in [-0.3, -0.25) is 9.20 Å². The van der Waals surface area contributed by atoms with Crippen molar-refractivity contribution < 1.29 is 9.53 Å². The molecule has 2 aromatic heterocycles. The zero-order valence-electron chi connectivity index (χ0n) is 14.3. The third kappa shape index (κ3) is 4.08. The van der Waals surface area contributed by atoms with Gasteiger partial charge in [0.2, 0.25) is 0 Å². The highest BCUT2D eigenvalue weighted by Gasteiger charge is 2.30. The number of H-pyrrole nitrogens is 1. The maximum atomic E-state index is 12.3. The Bertz CT molecular complexity index is 869. The van der Waals surface area contributed by atoms with E-state index in [9.17, 15) is 9.59 Å². The molecule has 3 rings (SSSR count). The molecule has 25 heavy (non-hydrogen) atoms. The van der Waals surface area contributed by atoms with Crippen molar-refractivity contribution in [3.8, 4) is 0 Å². The number of hydrogen-bond donors (Lipinski definition) is 1. The maximum absolute atomic E-state index is 12.3. The van der Waals surface area contributed by atoms with Crippen LogP contribution in [-0.2, 0) is 11.2 Å². The molecule has 1 unspecified atom stereocenters. The van der Waals surface area contributed by atoms with E-state index >= 15 is 0 Å². The zero-order chi connectivity index (χ0) is 18.4. The third-order valence-corrected chi connectivity index (χ3v) is 5.16. The van der Waals surface area contributed by atoms with Gasteiger partial charge in [-0.25, -0.2) is 9.78 Å². The number of nitrogens with zero attached hydrogens (tertiary/aromatic N) is 3. The Hall–Kier alpha value is -1.35. The lowest BCUT2D eigenvalue weighted by Gasteiger charge is -2.24. The molecule has 1 aliphatic heterocycles. The summed E-state index contributed by atoms with van der Waals surface area (Å²) in [6.07, 6.45) is 3.16. The molecular weight excluding hydrogens is 456 g/mol. The summed E-state index contributed by atoms with van der Waals surface area (Å²) in [5.74, 6) is 0.284. The van der Waals surface area contributed by atoms with E-state index in [2.05, 4.69) is 41.8 Å². The molecule has 9 heteroatoms. The van der Waals surface area contributed by atoms with Crippen LogP contribution in [0.1, 0.15) is 32.9 Å². The van der Waals surface area contributed by atoms with Crippen LogP contribution in [0.25, 0.3) is 5.52 Å². The molecule has 1 amide bonds. The average Bonchev–Trinajstić information content (AvgIpc) is 3.03. The van der Waals surface area contributed by atoms with Crippen molar-refractivity contribution in [1.82, 2.24) is 19.3 Å². The second-order valence-electron chi connectivity index (χ2n) is 7.28. The summed E-state index contributed by atoms with van der Waals surface area (Å²) in [5, 5.41) is 0. The van der Waals surface area contributed by atoms with Crippen LogP contribution in [0.4, 0.5) is 4.79 Å². The topological polar surface area (TPSA) is 79.7 Å². The van der Waals surface area contributed by atoms with Crippen LogP contribution in [0.5, 0.6) is 0 Å². The van der Waals surface area contributed by atoms with E-state index in [4.69, 9.17) is 4.74 Å². The summed E-state index contributed by atoms with van der Waals surface area (Å²) in [4.78, 5) is 33.3. The van der Waals surface area contributed by atoms with Gasteiger partial charge in [0.15, 0.2) is 4.73 Å². The number of amides is 1. The lowest BCUT2D eigenvalue weighted by Crippen LogP contribution is -2.35. The molecule has 1 atom stereocenters. The van der Waals surface area contributed by atoms with Gasteiger partial charge >= 0.3 is 6.09 Å². The van der Waals surface area contributed by atoms with Crippen LogP contribution in [0.2, 0.25) is 0 Å². The number of aromatic amines is 1. The highest BCUT2D eigenvalue weighted by Crippen LogP contribution is 2.24. The summed E-state index contributed by atoms with van der Waals surface area (Å²) in [6, 6.07) is 0. The molecule has 2 aromatic rings. The number of halogens is 2. The highest BCUT2D eigenvalue weighted by atomic mass is 79.9. The van der Waals surface area contributed by atoms with Crippen LogP contribution in [0.15, 0.2) is 20.3 Å².